The molecule has 0 fully saturated rings. The maximum absolute atomic E-state index is 10.8. The summed E-state index contributed by atoms with van der Waals surface area (Å²) in [6.07, 6.45) is 0.0694. The molecule has 0 aliphatic heterocycles. The van der Waals surface area contributed by atoms with Crippen LogP contribution in [0.4, 0.5) is 0 Å². The van der Waals surface area contributed by atoms with Crippen LogP contribution < -0.4 is 11.0 Å². The van der Waals surface area contributed by atoms with Gasteiger partial charge in [0, 0.05) is 16.7 Å². The summed E-state index contributed by atoms with van der Waals surface area (Å²) in [6, 6.07) is 0.238. The summed E-state index contributed by atoms with van der Waals surface area (Å²) in [7, 11) is -4.24. The van der Waals surface area contributed by atoms with E-state index in [0.717, 1.165) is 11.3 Å². The van der Waals surface area contributed by atoms with Crippen molar-refractivity contribution in [1.82, 2.24) is 0 Å². The van der Waals surface area contributed by atoms with E-state index >= 15 is 0 Å². The van der Waals surface area contributed by atoms with E-state index in [1.807, 2.05) is 0 Å². The molecule has 1 heterocycles. The predicted molar refractivity (Wildman–Crippen MR) is 55.3 cm³/mol. The van der Waals surface area contributed by atoms with Crippen LogP contribution in [-0.2, 0) is 15.8 Å². The first-order valence-corrected chi connectivity index (χ1v) is 6.42. The molecule has 84 valence electrons. The van der Waals surface area contributed by atoms with Crippen molar-refractivity contribution in [2.24, 2.45) is 5.73 Å². The van der Waals surface area contributed by atoms with Gasteiger partial charge in [-0.2, -0.15) is 0 Å². The first-order chi connectivity index (χ1) is 6.80. The molecule has 0 bridgehead atoms. The summed E-state index contributed by atoms with van der Waals surface area (Å²) in [4.78, 5) is 28.6. The number of thiophene rings is 1. The van der Waals surface area contributed by atoms with Crippen LogP contribution >= 0.6 is 18.9 Å². The minimum absolute atomic E-state index is 0.0694. The Kier molecular flexibility index (Phi) is 3.64. The minimum Gasteiger partial charge on any atom is -0.480 e. The monoisotopic (exact) mass is 251 g/mol. The van der Waals surface area contributed by atoms with E-state index < -0.39 is 19.6 Å². The van der Waals surface area contributed by atoms with Crippen LogP contribution in [0.15, 0.2) is 11.4 Å². The first-order valence-electron chi connectivity index (χ1n) is 3.92. The molecule has 15 heavy (non-hydrogen) atoms. The zero-order chi connectivity index (χ0) is 11.6. The molecular formula is C7H10NO5PS. The average Bonchev–Trinajstić information content (AvgIpc) is 2.51. The molecule has 0 saturated heterocycles. The van der Waals surface area contributed by atoms with E-state index in [9.17, 15) is 9.36 Å². The standard InChI is InChI=1S/C7H10NO5PS/c8-6(7(9)10)2-5-1-4(3-15-5)14(11,12)13/h1,3,6H,2,8H2,(H,9,10)(H2,11,12,13)/t6-/m0/s1. The third-order valence-corrected chi connectivity index (χ3v) is 3.78. The summed E-state index contributed by atoms with van der Waals surface area (Å²) in [5.74, 6) is -1.14. The van der Waals surface area contributed by atoms with Crippen molar-refractivity contribution in [3.05, 3.63) is 16.3 Å². The second-order valence-electron chi connectivity index (χ2n) is 2.96. The average molecular weight is 251 g/mol. The van der Waals surface area contributed by atoms with Gasteiger partial charge in [-0.05, 0) is 6.07 Å². The van der Waals surface area contributed by atoms with Crippen molar-refractivity contribution < 1.29 is 24.3 Å². The molecule has 0 amide bonds. The summed E-state index contributed by atoms with van der Waals surface area (Å²) >= 11 is 1.09. The fourth-order valence-corrected chi connectivity index (χ4v) is 2.86. The van der Waals surface area contributed by atoms with Crippen LogP contribution in [0.5, 0.6) is 0 Å². The summed E-state index contributed by atoms with van der Waals surface area (Å²) in [5, 5.41) is 9.75. The van der Waals surface area contributed by atoms with Crippen molar-refractivity contribution in [3.63, 3.8) is 0 Å². The second kappa shape index (κ2) is 4.42. The van der Waals surface area contributed by atoms with Gasteiger partial charge in [-0.3, -0.25) is 9.36 Å². The zero-order valence-electron chi connectivity index (χ0n) is 7.53. The Morgan fingerprint density at radius 1 is 1.60 bits per heavy atom. The Bertz CT molecular complexity index is 411. The Balaban J connectivity index is 2.78. The molecule has 1 aromatic rings. The number of hydrogen-bond acceptors (Lipinski definition) is 4. The summed E-state index contributed by atoms with van der Waals surface area (Å²) in [6.45, 7) is 0. The Hall–Kier alpha value is -0.720. The highest BCUT2D eigenvalue weighted by Gasteiger charge is 2.20. The van der Waals surface area contributed by atoms with Gasteiger partial charge >= 0.3 is 13.6 Å². The quantitative estimate of drug-likeness (QED) is 0.535. The Morgan fingerprint density at radius 3 is 2.60 bits per heavy atom. The molecule has 1 rings (SSSR count). The highest BCUT2D eigenvalue weighted by atomic mass is 32.1. The van der Waals surface area contributed by atoms with Gasteiger partial charge in [0.2, 0.25) is 0 Å². The largest absolute Gasteiger partial charge is 0.480 e. The number of rotatable bonds is 4. The number of carboxylic acids is 1. The van der Waals surface area contributed by atoms with Crippen molar-refractivity contribution in [3.8, 4) is 0 Å². The normalized spacial score (nSPS) is 13.8. The van der Waals surface area contributed by atoms with Crippen LogP contribution in [0.1, 0.15) is 4.88 Å². The van der Waals surface area contributed by atoms with Crippen molar-refractivity contribution in [2.75, 3.05) is 0 Å². The van der Waals surface area contributed by atoms with Crippen LogP contribution in [0, 0.1) is 0 Å². The molecule has 1 aromatic heterocycles. The molecule has 6 nitrogen and oxygen atoms in total. The SMILES string of the molecule is N[C@@H](Cc1cc(P(=O)(O)O)cs1)C(=O)O. The predicted octanol–water partition coefficient (Wildman–Crippen LogP) is -0.495. The molecule has 0 aromatic carbocycles. The zero-order valence-corrected chi connectivity index (χ0v) is 9.24. The van der Waals surface area contributed by atoms with Crippen LogP contribution in [-0.4, -0.2) is 26.9 Å². The maximum Gasteiger partial charge on any atom is 0.357 e. The van der Waals surface area contributed by atoms with Gasteiger partial charge in [-0.25, -0.2) is 0 Å². The van der Waals surface area contributed by atoms with Crippen molar-refractivity contribution >= 4 is 30.2 Å². The Labute approximate surface area is 89.5 Å². The van der Waals surface area contributed by atoms with Gasteiger partial charge in [-0.15, -0.1) is 11.3 Å². The second-order valence-corrected chi connectivity index (χ2v) is 5.56. The highest BCUT2D eigenvalue weighted by molar-refractivity contribution is 7.60. The number of carbonyl (C=O) groups is 1. The molecule has 0 spiro atoms. The third kappa shape index (κ3) is 3.40. The van der Waals surface area contributed by atoms with Crippen molar-refractivity contribution in [2.45, 2.75) is 12.5 Å². The fourth-order valence-electron chi connectivity index (χ4n) is 0.933. The molecule has 0 saturated carbocycles. The fraction of sp³-hybridized carbons (Fsp3) is 0.286. The topological polar surface area (TPSA) is 121 Å². The van der Waals surface area contributed by atoms with E-state index in [-0.39, 0.29) is 11.7 Å². The molecule has 0 radical (unpaired) electrons. The van der Waals surface area contributed by atoms with Gasteiger partial charge < -0.3 is 20.6 Å². The number of hydrogen-bond donors (Lipinski definition) is 4. The van der Waals surface area contributed by atoms with E-state index in [4.69, 9.17) is 20.6 Å². The summed E-state index contributed by atoms with van der Waals surface area (Å²) < 4.78 is 10.8. The lowest BCUT2D eigenvalue weighted by molar-refractivity contribution is -0.138. The van der Waals surface area contributed by atoms with Gasteiger partial charge in [0.15, 0.2) is 0 Å². The smallest absolute Gasteiger partial charge is 0.357 e. The van der Waals surface area contributed by atoms with E-state index in [0.29, 0.717) is 4.88 Å². The molecule has 5 N–H and O–H groups in total. The Morgan fingerprint density at radius 2 is 2.20 bits per heavy atom. The van der Waals surface area contributed by atoms with Crippen LogP contribution in [0.2, 0.25) is 0 Å². The minimum atomic E-state index is -4.24. The number of nitrogens with two attached hydrogens (primary N) is 1. The number of carboxylic acid groups (broad SMARTS) is 1. The van der Waals surface area contributed by atoms with E-state index in [1.54, 1.807) is 0 Å². The van der Waals surface area contributed by atoms with Gasteiger partial charge in [0.1, 0.15) is 6.04 Å². The molecule has 0 aliphatic rings. The van der Waals surface area contributed by atoms with Gasteiger partial charge in [-0.1, -0.05) is 0 Å². The van der Waals surface area contributed by atoms with Crippen molar-refractivity contribution in [1.29, 1.82) is 0 Å². The summed E-state index contributed by atoms with van der Waals surface area (Å²) in [5.41, 5.74) is 5.28. The van der Waals surface area contributed by atoms with Crippen LogP contribution in [0.3, 0.4) is 0 Å². The van der Waals surface area contributed by atoms with Crippen LogP contribution in [0.25, 0.3) is 0 Å². The lowest BCUT2D eigenvalue weighted by Gasteiger charge is -2.02. The lowest BCUT2D eigenvalue weighted by atomic mass is 10.2. The van der Waals surface area contributed by atoms with E-state index in [2.05, 4.69) is 0 Å². The molecule has 1 atom stereocenters. The molecule has 8 heteroatoms. The van der Waals surface area contributed by atoms with Gasteiger partial charge in [0.05, 0.1) is 5.30 Å². The third-order valence-electron chi connectivity index (χ3n) is 1.71. The lowest BCUT2D eigenvalue weighted by Crippen LogP contribution is -2.31. The highest BCUT2D eigenvalue weighted by Crippen LogP contribution is 2.35. The molecule has 0 unspecified atom stereocenters. The first kappa shape index (κ1) is 12.4. The maximum atomic E-state index is 10.8. The van der Waals surface area contributed by atoms with E-state index in [1.165, 1.54) is 11.4 Å². The number of aliphatic carboxylic acids is 1. The molecular weight excluding hydrogens is 241 g/mol. The van der Waals surface area contributed by atoms with Gasteiger partial charge in [0.25, 0.3) is 0 Å². The molecule has 0 aliphatic carbocycles.